The number of rotatable bonds is 6. The van der Waals surface area contributed by atoms with Crippen LogP contribution in [0.2, 0.25) is 0 Å². The smallest absolute Gasteiger partial charge is 0.416 e. The number of aromatic nitrogens is 3. The van der Waals surface area contributed by atoms with Gasteiger partial charge in [0, 0.05) is 20.1 Å². The first-order valence-electron chi connectivity index (χ1n) is 10.2. The molecule has 1 atom stereocenters. The predicted octanol–water partition coefficient (Wildman–Crippen LogP) is 4.05. The first kappa shape index (κ1) is 23.2. The molecule has 12 heteroatoms. The topological polar surface area (TPSA) is 85.4 Å². The summed E-state index contributed by atoms with van der Waals surface area (Å²) in [5.41, 5.74) is -0.194. The fourth-order valence-corrected chi connectivity index (χ4v) is 4.19. The largest absolute Gasteiger partial charge is 0.461 e. The number of carbonyl (C=O) groups excluding carboxylic acids is 1. The summed E-state index contributed by atoms with van der Waals surface area (Å²) in [6, 6.07) is 6.86. The molecule has 1 N–H and O–H groups in total. The number of nitrogens with zero attached hydrogens (tertiary/aromatic N) is 4. The summed E-state index contributed by atoms with van der Waals surface area (Å²) in [6.45, 7) is 3.62. The van der Waals surface area contributed by atoms with E-state index in [0.717, 1.165) is 23.9 Å². The Labute approximate surface area is 192 Å². The molecule has 3 heterocycles. The second kappa shape index (κ2) is 9.48. The number of ether oxygens (including phenoxy) is 1. The molecule has 8 nitrogen and oxygen atoms in total. The molecule has 33 heavy (non-hydrogen) atoms. The number of morpholine rings is 1. The number of thioether (sulfide) groups is 1. The van der Waals surface area contributed by atoms with E-state index in [4.69, 9.17) is 9.15 Å². The van der Waals surface area contributed by atoms with Gasteiger partial charge in [-0.25, -0.2) is 0 Å². The van der Waals surface area contributed by atoms with Gasteiger partial charge in [-0.2, -0.15) is 13.2 Å². The molecule has 176 valence electrons. The second-order valence-corrected chi connectivity index (χ2v) is 8.73. The number of benzene rings is 1. The summed E-state index contributed by atoms with van der Waals surface area (Å²) < 4.78 is 52.3. The standard InChI is InChI=1S/C21H22F3N5O3S/c1-13(33-20-27-26-18(28(20)2)17-4-3-9-32-17)19(30)25-15-12-14(21(22,23)24)5-6-16(15)29-7-10-31-11-8-29/h3-6,9,12-13H,7-8,10-11H2,1-2H3,(H,25,30)/t13-/m0/s1. The minimum atomic E-state index is -4.52. The van der Waals surface area contributed by atoms with Crippen molar-refractivity contribution in [3.05, 3.63) is 42.2 Å². The number of alkyl halides is 3. The second-order valence-electron chi connectivity index (χ2n) is 7.42. The van der Waals surface area contributed by atoms with E-state index in [-0.39, 0.29) is 5.69 Å². The van der Waals surface area contributed by atoms with E-state index >= 15 is 0 Å². The highest BCUT2D eigenvalue weighted by molar-refractivity contribution is 8.00. The maximum Gasteiger partial charge on any atom is 0.416 e. The Morgan fingerprint density at radius 3 is 2.64 bits per heavy atom. The Hall–Kier alpha value is -2.99. The quantitative estimate of drug-likeness (QED) is 0.532. The van der Waals surface area contributed by atoms with E-state index in [1.54, 1.807) is 30.7 Å². The highest BCUT2D eigenvalue weighted by Gasteiger charge is 2.32. The molecular weight excluding hydrogens is 459 g/mol. The third-order valence-electron chi connectivity index (χ3n) is 5.16. The van der Waals surface area contributed by atoms with Crippen molar-refractivity contribution >= 4 is 29.0 Å². The summed E-state index contributed by atoms with van der Waals surface area (Å²) in [6.07, 6.45) is -3.00. The van der Waals surface area contributed by atoms with Gasteiger partial charge in [0.25, 0.3) is 0 Å². The lowest BCUT2D eigenvalue weighted by molar-refractivity contribution is -0.137. The molecule has 0 radical (unpaired) electrons. The molecule has 4 rings (SSSR count). The van der Waals surface area contributed by atoms with E-state index in [1.807, 2.05) is 4.90 Å². The molecule has 1 aliphatic heterocycles. The van der Waals surface area contributed by atoms with Gasteiger partial charge in [-0.1, -0.05) is 11.8 Å². The first-order valence-corrected chi connectivity index (χ1v) is 11.1. The minimum Gasteiger partial charge on any atom is -0.461 e. The van der Waals surface area contributed by atoms with Crippen LogP contribution in [0.3, 0.4) is 0 Å². The monoisotopic (exact) mass is 481 g/mol. The molecule has 3 aromatic rings. The van der Waals surface area contributed by atoms with Gasteiger partial charge in [0.15, 0.2) is 16.7 Å². The average Bonchev–Trinajstić information content (AvgIpc) is 3.44. The number of hydrogen-bond donors (Lipinski definition) is 1. The van der Waals surface area contributed by atoms with Gasteiger partial charge in [-0.3, -0.25) is 4.79 Å². The Morgan fingerprint density at radius 2 is 1.97 bits per heavy atom. The van der Waals surface area contributed by atoms with Gasteiger partial charge in [0.1, 0.15) is 0 Å². The van der Waals surface area contributed by atoms with Crippen molar-refractivity contribution < 1.29 is 27.1 Å². The summed E-state index contributed by atoms with van der Waals surface area (Å²) in [7, 11) is 1.74. The van der Waals surface area contributed by atoms with Crippen LogP contribution in [-0.2, 0) is 22.8 Å². The SMILES string of the molecule is C[C@H](Sc1nnc(-c2ccco2)n1C)C(=O)Nc1cc(C(F)(F)F)ccc1N1CCOCC1. The lowest BCUT2D eigenvalue weighted by atomic mass is 10.1. The molecule has 0 unspecified atom stereocenters. The molecule has 1 saturated heterocycles. The molecular formula is C21H22F3N5O3S. The van der Waals surface area contributed by atoms with Crippen molar-refractivity contribution in [3.63, 3.8) is 0 Å². The molecule has 1 aromatic carbocycles. The Kier molecular flexibility index (Phi) is 6.66. The molecule has 1 aliphatic rings. The Bertz CT molecular complexity index is 1110. The van der Waals surface area contributed by atoms with Crippen LogP contribution in [0, 0.1) is 0 Å². The van der Waals surface area contributed by atoms with Crippen LogP contribution in [0.1, 0.15) is 12.5 Å². The van der Waals surface area contributed by atoms with Crippen LogP contribution in [0.25, 0.3) is 11.6 Å². The van der Waals surface area contributed by atoms with Crippen molar-refractivity contribution in [3.8, 4) is 11.6 Å². The average molecular weight is 482 g/mol. The maximum absolute atomic E-state index is 13.3. The molecule has 0 spiro atoms. The van der Waals surface area contributed by atoms with E-state index in [9.17, 15) is 18.0 Å². The Morgan fingerprint density at radius 1 is 1.21 bits per heavy atom. The van der Waals surface area contributed by atoms with Crippen LogP contribution in [0.4, 0.5) is 24.5 Å². The third kappa shape index (κ3) is 5.17. The maximum atomic E-state index is 13.3. The zero-order valence-electron chi connectivity index (χ0n) is 17.9. The predicted molar refractivity (Wildman–Crippen MR) is 117 cm³/mol. The lowest BCUT2D eigenvalue weighted by Gasteiger charge is -2.31. The van der Waals surface area contributed by atoms with Crippen LogP contribution in [0.15, 0.2) is 46.2 Å². The van der Waals surface area contributed by atoms with Gasteiger partial charge >= 0.3 is 6.18 Å². The van der Waals surface area contributed by atoms with Gasteiger partial charge in [-0.05, 0) is 37.3 Å². The van der Waals surface area contributed by atoms with Crippen molar-refractivity contribution in [1.82, 2.24) is 14.8 Å². The third-order valence-corrected chi connectivity index (χ3v) is 6.30. The summed E-state index contributed by atoms with van der Waals surface area (Å²) >= 11 is 1.15. The number of furan rings is 1. The van der Waals surface area contributed by atoms with Crippen molar-refractivity contribution in [2.75, 3.05) is 36.5 Å². The number of hydrogen-bond acceptors (Lipinski definition) is 7. The lowest BCUT2D eigenvalue weighted by Crippen LogP contribution is -2.37. The number of carbonyl (C=O) groups is 1. The number of amides is 1. The van der Waals surface area contributed by atoms with Crippen LogP contribution < -0.4 is 10.2 Å². The van der Waals surface area contributed by atoms with Crippen molar-refractivity contribution in [2.24, 2.45) is 7.05 Å². The number of anilines is 2. The normalized spacial score (nSPS) is 15.5. The van der Waals surface area contributed by atoms with E-state index in [0.29, 0.717) is 48.7 Å². The van der Waals surface area contributed by atoms with E-state index < -0.39 is 22.9 Å². The highest BCUT2D eigenvalue weighted by Crippen LogP contribution is 2.36. The fraction of sp³-hybridized carbons (Fsp3) is 0.381. The number of nitrogens with one attached hydrogen (secondary N) is 1. The van der Waals surface area contributed by atoms with Crippen LogP contribution in [-0.4, -0.2) is 52.2 Å². The van der Waals surface area contributed by atoms with E-state index in [1.165, 1.54) is 12.3 Å². The molecule has 0 aliphatic carbocycles. The van der Waals surface area contributed by atoms with Crippen molar-refractivity contribution in [1.29, 1.82) is 0 Å². The van der Waals surface area contributed by atoms with Gasteiger partial charge in [0.2, 0.25) is 5.91 Å². The number of halogens is 3. The van der Waals surface area contributed by atoms with Gasteiger partial charge in [-0.15, -0.1) is 10.2 Å². The molecule has 0 saturated carbocycles. The molecule has 0 bridgehead atoms. The summed E-state index contributed by atoms with van der Waals surface area (Å²) in [4.78, 5) is 14.8. The Balaban J connectivity index is 1.53. The zero-order chi connectivity index (χ0) is 23.6. The van der Waals surface area contributed by atoms with E-state index in [2.05, 4.69) is 15.5 Å². The van der Waals surface area contributed by atoms with Gasteiger partial charge in [0.05, 0.1) is 41.7 Å². The molecule has 1 amide bonds. The summed E-state index contributed by atoms with van der Waals surface area (Å²) in [5, 5.41) is 10.7. The zero-order valence-corrected chi connectivity index (χ0v) is 18.7. The van der Waals surface area contributed by atoms with Crippen LogP contribution >= 0.6 is 11.8 Å². The van der Waals surface area contributed by atoms with Crippen LogP contribution in [0.5, 0.6) is 0 Å². The fourth-order valence-electron chi connectivity index (χ4n) is 3.38. The first-order chi connectivity index (χ1) is 15.7. The minimum absolute atomic E-state index is 0.110. The summed E-state index contributed by atoms with van der Waals surface area (Å²) in [5.74, 6) is 0.590. The van der Waals surface area contributed by atoms with Gasteiger partial charge < -0.3 is 23.9 Å². The molecule has 2 aromatic heterocycles. The highest BCUT2D eigenvalue weighted by atomic mass is 32.2. The molecule has 1 fully saturated rings. The van der Waals surface area contributed by atoms with Crippen molar-refractivity contribution in [2.45, 2.75) is 23.5 Å².